The molecule has 0 amide bonds. The highest BCUT2D eigenvalue weighted by atomic mass is 16.5. The molecule has 0 radical (unpaired) electrons. The number of fused-ring (bicyclic) bond motifs is 1. The van der Waals surface area contributed by atoms with Crippen molar-refractivity contribution in [1.29, 1.82) is 0 Å². The maximum absolute atomic E-state index is 5.21. The highest BCUT2D eigenvalue weighted by Crippen LogP contribution is 2.29. The normalized spacial score (nSPS) is 14.1. The van der Waals surface area contributed by atoms with Crippen molar-refractivity contribution in [2.75, 3.05) is 13.7 Å². The van der Waals surface area contributed by atoms with Crippen LogP contribution in [0.25, 0.3) is 11.1 Å². The molecule has 2 nitrogen and oxygen atoms in total. The van der Waals surface area contributed by atoms with E-state index >= 15 is 0 Å². The van der Waals surface area contributed by atoms with E-state index in [0.717, 1.165) is 25.3 Å². The van der Waals surface area contributed by atoms with Crippen LogP contribution in [0.5, 0.6) is 5.75 Å². The Balaban J connectivity index is 2.05. The fraction of sp³-hybridized carbons (Fsp3) is 0.250. The summed E-state index contributed by atoms with van der Waals surface area (Å²) in [6.07, 6.45) is 1.11. The highest BCUT2D eigenvalue weighted by molar-refractivity contribution is 5.69. The molecule has 92 valence electrons. The zero-order valence-corrected chi connectivity index (χ0v) is 10.6. The first-order valence-corrected chi connectivity index (χ1v) is 6.34. The summed E-state index contributed by atoms with van der Waals surface area (Å²) in [5, 5.41) is 3.42. The van der Waals surface area contributed by atoms with E-state index in [9.17, 15) is 0 Å². The van der Waals surface area contributed by atoms with Crippen molar-refractivity contribution in [2.24, 2.45) is 0 Å². The Labute approximate surface area is 108 Å². The van der Waals surface area contributed by atoms with Crippen LogP contribution in [0.4, 0.5) is 0 Å². The Morgan fingerprint density at radius 1 is 1.06 bits per heavy atom. The molecule has 0 fully saturated rings. The Hall–Kier alpha value is -1.80. The van der Waals surface area contributed by atoms with Gasteiger partial charge in [-0.2, -0.15) is 0 Å². The number of hydrogen-bond donors (Lipinski definition) is 1. The number of methoxy groups -OCH3 is 1. The van der Waals surface area contributed by atoms with Crippen molar-refractivity contribution < 1.29 is 4.74 Å². The van der Waals surface area contributed by atoms with E-state index in [0.29, 0.717) is 0 Å². The van der Waals surface area contributed by atoms with Crippen LogP contribution in [0.1, 0.15) is 11.1 Å². The predicted octanol–water partition coefficient (Wildman–Crippen LogP) is 3.01. The van der Waals surface area contributed by atoms with Crippen LogP contribution < -0.4 is 10.1 Å². The summed E-state index contributed by atoms with van der Waals surface area (Å²) in [5.74, 6) is 0.908. The van der Waals surface area contributed by atoms with Crippen molar-refractivity contribution in [3.05, 3.63) is 53.6 Å². The summed E-state index contributed by atoms with van der Waals surface area (Å²) in [7, 11) is 1.70. The largest absolute Gasteiger partial charge is 0.497 e. The van der Waals surface area contributed by atoms with Gasteiger partial charge in [0.05, 0.1) is 7.11 Å². The Morgan fingerprint density at radius 2 is 1.89 bits per heavy atom. The van der Waals surface area contributed by atoms with Gasteiger partial charge in [0.1, 0.15) is 5.75 Å². The van der Waals surface area contributed by atoms with Crippen LogP contribution in [0.2, 0.25) is 0 Å². The molecule has 1 aliphatic rings. The summed E-state index contributed by atoms with van der Waals surface area (Å²) in [6.45, 7) is 2.06. The molecule has 0 unspecified atom stereocenters. The molecule has 1 aliphatic heterocycles. The molecule has 2 aromatic carbocycles. The van der Waals surface area contributed by atoms with Gasteiger partial charge < -0.3 is 10.1 Å². The van der Waals surface area contributed by atoms with Gasteiger partial charge in [-0.15, -0.1) is 0 Å². The molecule has 0 atom stereocenters. The van der Waals surface area contributed by atoms with E-state index in [-0.39, 0.29) is 0 Å². The second-order valence-corrected chi connectivity index (χ2v) is 4.60. The fourth-order valence-corrected chi connectivity index (χ4v) is 2.57. The number of ether oxygens (including phenoxy) is 1. The number of hydrogen-bond acceptors (Lipinski definition) is 2. The van der Waals surface area contributed by atoms with Crippen molar-refractivity contribution in [3.8, 4) is 16.9 Å². The molecule has 0 saturated carbocycles. The summed E-state index contributed by atoms with van der Waals surface area (Å²) >= 11 is 0. The lowest BCUT2D eigenvalue weighted by Gasteiger charge is -2.20. The van der Waals surface area contributed by atoms with Crippen LogP contribution in [0.15, 0.2) is 42.5 Å². The molecule has 1 N–H and O–H groups in total. The third-order valence-electron chi connectivity index (χ3n) is 3.54. The number of benzene rings is 2. The van der Waals surface area contributed by atoms with Crippen LogP contribution in [0, 0.1) is 0 Å². The van der Waals surface area contributed by atoms with E-state index < -0.39 is 0 Å². The minimum absolute atomic E-state index is 0.908. The number of rotatable bonds is 2. The Kier molecular flexibility index (Phi) is 3.03. The monoisotopic (exact) mass is 239 g/mol. The Bertz CT molecular complexity index is 546. The zero-order chi connectivity index (χ0) is 12.4. The van der Waals surface area contributed by atoms with E-state index in [1.165, 1.54) is 22.3 Å². The van der Waals surface area contributed by atoms with Gasteiger partial charge in [0, 0.05) is 6.54 Å². The fourth-order valence-electron chi connectivity index (χ4n) is 2.57. The van der Waals surface area contributed by atoms with Crippen molar-refractivity contribution in [1.82, 2.24) is 5.32 Å². The molecule has 0 saturated heterocycles. The van der Waals surface area contributed by atoms with Gasteiger partial charge in [-0.1, -0.05) is 30.3 Å². The minimum Gasteiger partial charge on any atom is -0.497 e. The van der Waals surface area contributed by atoms with Gasteiger partial charge in [-0.25, -0.2) is 0 Å². The molecule has 0 aromatic heterocycles. The molecular formula is C16H17NO. The van der Waals surface area contributed by atoms with Gasteiger partial charge in [-0.3, -0.25) is 0 Å². The van der Waals surface area contributed by atoms with E-state index in [4.69, 9.17) is 4.74 Å². The minimum atomic E-state index is 0.908. The molecule has 18 heavy (non-hydrogen) atoms. The SMILES string of the molecule is COc1ccc(-c2cccc3c2CCNC3)cc1. The van der Waals surface area contributed by atoms with Crippen LogP contribution in [-0.2, 0) is 13.0 Å². The van der Waals surface area contributed by atoms with E-state index in [2.05, 4.69) is 35.6 Å². The third kappa shape index (κ3) is 2.00. The average Bonchev–Trinajstić information content (AvgIpc) is 2.47. The predicted molar refractivity (Wildman–Crippen MR) is 73.8 cm³/mol. The standard InChI is InChI=1S/C16H17NO/c1-18-14-7-5-12(6-8-14)15-4-2-3-13-11-17-10-9-16(13)15/h2-8,17H,9-11H2,1H3. The van der Waals surface area contributed by atoms with Gasteiger partial charge in [0.2, 0.25) is 0 Å². The summed E-state index contributed by atoms with van der Waals surface area (Å²) in [4.78, 5) is 0. The quantitative estimate of drug-likeness (QED) is 0.869. The first-order valence-electron chi connectivity index (χ1n) is 6.34. The van der Waals surface area contributed by atoms with Crippen molar-refractivity contribution in [2.45, 2.75) is 13.0 Å². The highest BCUT2D eigenvalue weighted by Gasteiger charge is 2.13. The third-order valence-corrected chi connectivity index (χ3v) is 3.54. The van der Waals surface area contributed by atoms with Gasteiger partial charge in [0.15, 0.2) is 0 Å². The zero-order valence-electron chi connectivity index (χ0n) is 10.6. The van der Waals surface area contributed by atoms with E-state index in [1.54, 1.807) is 7.11 Å². The molecule has 2 aromatic rings. The topological polar surface area (TPSA) is 21.3 Å². The van der Waals surface area contributed by atoms with Gasteiger partial charge in [0.25, 0.3) is 0 Å². The van der Waals surface area contributed by atoms with Gasteiger partial charge in [-0.05, 0) is 47.4 Å². The molecule has 0 spiro atoms. The number of nitrogens with one attached hydrogen (secondary N) is 1. The lowest BCUT2D eigenvalue weighted by atomic mass is 9.91. The average molecular weight is 239 g/mol. The first-order chi connectivity index (χ1) is 8.88. The van der Waals surface area contributed by atoms with Crippen molar-refractivity contribution in [3.63, 3.8) is 0 Å². The second-order valence-electron chi connectivity index (χ2n) is 4.60. The molecule has 1 heterocycles. The smallest absolute Gasteiger partial charge is 0.118 e. The van der Waals surface area contributed by atoms with Gasteiger partial charge >= 0.3 is 0 Å². The Morgan fingerprint density at radius 3 is 2.67 bits per heavy atom. The van der Waals surface area contributed by atoms with E-state index in [1.807, 2.05) is 12.1 Å². The van der Waals surface area contributed by atoms with Crippen LogP contribution in [-0.4, -0.2) is 13.7 Å². The molecular weight excluding hydrogens is 222 g/mol. The van der Waals surface area contributed by atoms with Crippen LogP contribution >= 0.6 is 0 Å². The first kappa shape index (κ1) is 11.3. The molecule has 0 aliphatic carbocycles. The summed E-state index contributed by atoms with van der Waals surface area (Å²) in [6, 6.07) is 14.9. The second kappa shape index (κ2) is 4.83. The summed E-state index contributed by atoms with van der Waals surface area (Å²) < 4.78 is 5.21. The van der Waals surface area contributed by atoms with Crippen LogP contribution in [0.3, 0.4) is 0 Å². The molecule has 3 rings (SSSR count). The lowest BCUT2D eigenvalue weighted by Crippen LogP contribution is -2.23. The molecule has 2 heteroatoms. The maximum Gasteiger partial charge on any atom is 0.118 e. The molecule has 0 bridgehead atoms. The van der Waals surface area contributed by atoms with Crippen molar-refractivity contribution >= 4 is 0 Å². The lowest BCUT2D eigenvalue weighted by molar-refractivity contribution is 0.415. The maximum atomic E-state index is 5.21. The summed E-state index contributed by atoms with van der Waals surface area (Å²) in [5.41, 5.74) is 5.54.